The van der Waals surface area contributed by atoms with E-state index in [4.69, 9.17) is 34.2 Å². The van der Waals surface area contributed by atoms with Crippen LogP contribution >= 0.6 is 15.9 Å². The first kappa shape index (κ1) is 31.6. The van der Waals surface area contributed by atoms with Gasteiger partial charge in [0.15, 0.2) is 0 Å². The molecule has 0 fully saturated rings. The number of carbonyl (C=O) groups is 1. The first-order chi connectivity index (χ1) is 19.6. The quantitative estimate of drug-likeness (QED) is 0.169. The molecule has 0 aliphatic rings. The number of rotatable bonds is 21. The molecule has 218 valence electrons. The molecule has 1 heterocycles. The van der Waals surface area contributed by atoms with E-state index in [1.807, 2.05) is 30.3 Å². The number of halogens is 2. The maximum Gasteiger partial charge on any atom is 0.286 e. The lowest BCUT2D eigenvalue weighted by Gasteiger charge is -2.12. The number of nitrogens with zero attached hydrogens (tertiary/aromatic N) is 2. The standard InChI is InChI=1S/C27H34BrFN4O7/c28-20-2-1-3-21(18-20)31-26-23-5-4-22(19-24(23)32-27(33-26)25(30)34)40-17-16-39-15-14-38-13-12-37-11-10-36-9-8-35-7-6-29/h1-5,18-19H,6-17H2,(H2,30,34)(H,31,32,33). The van der Waals surface area contributed by atoms with E-state index >= 15 is 0 Å². The Balaban J connectivity index is 1.32. The predicted octanol–water partition coefficient (Wildman–Crippen LogP) is 3.67. The minimum atomic E-state index is -0.727. The number of ether oxygens (including phenoxy) is 6. The van der Waals surface area contributed by atoms with Crippen molar-refractivity contribution in [2.75, 3.05) is 84.7 Å². The highest BCUT2D eigenvalue weighted by atomic mass is 79.9. The summed E-state index contributed by atoms with van der Waals surface area (Å²) in [5.74, 6) is 0.210. The number of hydrogen-bond donors (Lipinski definition) is 2. The summed E-state index contributed by atoms with van der Waals surface area (Å²) < 4.78 is 45.2. The summed E-state index contributed by atoms with van der Waals surface area (Å²) in [6.07, 6.45) is 0. The Kier molecular flexibility index (Phi) is 14.5. The van der Waals surface area contributed by atoms with Crippen LogP contribution in [-0.2, 0) is 23.7 Å². The lowest BCUT2D eigenvalue weighted by atomic mass is 10.2. The van der Waals surface area contributed by atoms with Gasteiger partial charge in [-0.3, -0.25) is 4.79 Å². The summed E-state index contributed by atoms with van der Waals surface area (Å²) in [5.41, 5.74) is 6.76. The molecule has 11 nitrogen and oxygen atoms in total. The number of nitrogens with one attached hydrogen (secondary N) is 1. The summed E-state index contributed by atoms with van der Waals surface area (Å²) in [6, 6.07) is 12.9. The molecule has 3 aromatic rings. The molecule has 2 aromatic carbocycles. The van der Waals surface area contributed by atoms with Crippen molar-refractivity contribution in [2.45, 2.75) is 0 Å². The zero-order valence-corrected chi connectivity index (χ0v) is 23.7. The minimum Gasteiger partial charge on any atom is -0.491 e. The van der Waals surface area contributed by atoms with Gasteiger partial charge in [-0.15, -0.1) is 0 Å². The van der Waals surface area contributed by atoms with E-state index in [2.05, 4.69) is 31.2 Å². The number of nitrogens with two attached hydrogens (primary N) is 1. The zero-order chi connectivity index (χ0) is 28.4. The molecule has 0 aliphatic heterocycles. The Labute approximate surface area is 240 Å². The van der Waals surface area contributed by atoms with Crippen molar-refractivity contribution in [3.05, 3.63) is 52.8 Å². The molecule has 0 bridgehead atoms. The van der Waals surface area contributed by atoms with Crippen LogP contribution in [0.3, 0.4) is 0 Å². The summed E-state index contributed by atoms with van der Waals surface area (Å²) in [5, 5.41) is 3.93. The molecule has 1 aromatic heterocycles. The van der Waals surface area contributed by atoms with Crippen LogP contribution in [0.2, 0.25) is 0 Å². The Morgan fingerprint density at radius 2 is 1.40 bits per heavy atom. The van der Waals surface area contributed by atoms with Crippen LogP contribution in [0.5, 0.6) is 5.75 Å². The van der Waals surface area contributed by atoms with E-state index in [9.17, 15) is 9.18 Å². The van der Waals surface area contributed by atoms with Gasteiger partial charge in [0.2, 0.25) is 5.82 Å². The van der Waals surface area contributed by atoms with E-state index in [1.165, 1.54) is 0 Å². The van der Waals surface area contributed by atoms with Crippen LogP contribution in [0.25, 0.3) is 10.9 Å². The van der Waals surface area contributed by atoms with Gasteiger partial charge in [0, 0.05) is 21.6 Å². The third-order valence-corrected chi connectivity index (χ3v) is 5.68. The van der Waals surface area contributed by atoms with Gasteiger partial charge in [-0.2, -0.15) is 0 Å². The van der Waals surface area contributed by atoms with Crippen LogP contribution < -0.4 is 15.8 Å². The maximum absolute atomic E-state index is 11.8. The fraction of sp³-hybridized carbons (Fsp3) is 0.444. The average Bonchev–Trinajstić information content (AvgIpc) is 2.94. The molecule has 0 atom stereocenters. The minimum absolute atomic E-state index is 0.0964. The Morgan fingerprint density at radius 3 is 1.98 bits per heavy atom. The number of fused-ring (bicyclic) bond motifs is 1. The summed E-state index contributed by atoms with van der Waals surface area (Å²) >= 11 is 3.44. The van der Waals surface area contributed by atoms with Crippen LogP contribution in [0.15, 0.2) is 46.9 Å². The predicted molar refractivity (Wildman–Crippen MR) is 151 cm³/mol. The number of hydrogen-bond acceptors (Lipinski definition) is 10. The van der Waals surface area contributed by atoms with E-state index in [0.29, 0.717) is 88.5 Å². The van der Waals surface area contributed by atoms with Gasteiger partial charge in [0.1, 0.15) is 24.8 Å². The molecule has 1 amide bonds. The number of carbonyl (C=O) groups excluding carboxylic acids is 1. The Hall–Kier alpha value is -2.94. The summed E-state index contributed by atoms with van der Waals surface area (Å²) in [6.45, 7) is 3.75. The van der Waals surface area contributed by atoms with Crippen molar-refractivity contribution in [2.24, 2.45) is 5.73 Å². The molecule has 0 unspecified atom stereocenters. The molecule has 0 radical (unpaired) electrons. The molecular weight excluding hydrogens is 591 g/mol. The smallest absolute Gasteiger partial charge is 0.286 e. The van der Waals surface area contributed by atoms with Gasteiger partial charge < -0.3 is 39.5 Å². The number of amides is 1. The third kappa shape index (κ3) is 11.7. The second-order valence-electron chi connectivity index (χ2n) is 8.17. The summed E-state index contributed by atoms with van der Waals surface area (Å²) in [7, 11) is 0. The highest BCUT2D eigenvalue weighted by Gasteiger charge is 2.13. The fourth-order valence-corrected chi connectivity index (χ4v) is 3.76. The SMILES string of the molecule is NC(=O)c1nc(Nc2cccc(Br)c2)c2ccc(OCCOCCOCCOCCOCCOCCF)cc2n1. The monoisotopic (exact) mass is 624 g/mol. The molecule has 13 heteroatoms. The molecule has 0 spiro atoms. The van der Waals surface area contributed by atoms with E-state index < -0.39 is 12.6 Å². The van der Waals surface area contributed by atoms with E-state index in [0.717, 1.165) is 10.2 Å². The highest BCUT2D eigenvalue weighted by Crippen LogP contribution is 2.28. The molecule has 0 saturated carbocycles. The van der Waals surface area contributed by atoms with Gasteiger partial charge in [-0.05, 0) is 30.3 Å². The van der Waals surface area contributed by atoms with Crippen LogP contribution in [0, 0.1) is 0 Å². The van der Waals surface area contributed by atoms with Crippen molar-refractivity contribution in [3.63, 3.8) is 0 Å². The molecular formula is C27H34BrFN4O7. The van der Waals surface area contributed by atoms with E-state index in [1.54, 1.807) is 12.1 Å². The lowest BCUT2D eigenvalue weighted by molar-refractivity contribution is -0.0133. The zero-order valence-electron chi connectivity index (χ0n) is 22.1. The highest BCUT2D eigenvalue weighted by molar-refractivity contribution is 9.10. The van der Waals surface area contributed by atoms with Crippen molar-refractivity contribution in [1.82, 2.24) is 9.97 Å². The van der Waals surface area contributed by atoms with Gasteiger partial charge >= 0.3 is 0 Å². The molecule has 40 heavy (non-hydrogen) atoms. The van der Waals surface area contributed by atoms with Crippen molar-refractivity contribution in [1.29, 1.82) is 0 Å². The number of anilines is 2. The third-order valence-electron chi connectivity index (χ3n) is 5.18. The number of aromatic nitrogens is 2. The first-order valence-electron chi connectivity index (χ1n) is 12.8. The Bertz CT molecular complexity index is 1190. The molecule has 3 rings (SSSR count). The van der Waals surface area contributed by atoms with Crippen LogP contribution in [0.1, 0.15) is 10.6 Å². The largest absolute Gasteiger partial charge is 0.491 e. The van der Waals surface area contributed by atoms with Gasteiger partial charge in [0.25, 0.3) is 5.91 Å². The van der Waals surface area contributed by atoms with Crippen molar-refractivity contribution in [3.8, 4) is 5.75 Å². The van der Waals surface area contributed by atoms with Gasteiger partial charge in [0.05, 0.1) is 71.6 Å². The first-order valence-corrected chi connectivity index (χ1v) is 13.6. The summed E-state index contributed by atoms with van der Waals surface area (Å²) in [4.78, 5) is 20.4. The second-order valence-corrected chi connectivity index (χ2v) is 9.09. The Morgan fingerprint density at radius 1 is 0.800 bits per heavy atom. The van der Waals surface area contributed by atoms with Crippen molar-refractivity contribution < 1.29 is 37.6 Å². The number of alkyl halides is 1. The van der Waals surface area contributed by atoms with E-state index in [-0.39, 0.29) is 12.4 Å². The van der Waals surface area contributed by atoms with Crippen LogP contribution in [0.4, 0.5) is 15.9 Å². The normalized spacial score (nSPS) is 11.2. The topological polar surface area (TPSA) is 136 Å². The fourth-order valence-electron chi connectivity index (χ4n) is 3.36. The molecule has 3 N–H and O–H groups in total. The second kappa shape index (κ2) is 18.4. The van der Waals surface area contributed by atoms with Crippen LogP contribution in [-0.4, -0.2) is 95.2 Å². The molecule has 0 aliphatic carbocycles. The van der Waals surface area contributed by atoms with Crippen molar-refractivity contribution >= 4 is 44.2 Å². The van der Waals surface area contributed by atoms with Gasteiger partial charge in [-0.25, -0.2) is 14.4 Å². The number of primary amides is 1. The molecule has 0 saturated heterocycles. The maximum atomic E-state index is 11.8. The number of benzene rings is 2. The average molecular weight is 625 g/mol. The van der Waals surface area contributed by atoms with Gasteiger partial charge in [-0.1, -0.05) is 22.0 Å². The lowest BCUT2D eigenvalue weighted by Crippen LogP contribution is -2.16.